The standard InChI is InChI=1S/C12H21NO4/c1-8(7-17-2)13-11(14)9-5-3-4-6-10(9)12(15)16/h8-10H,3-7H2,1-2H3,(H,13,14)(H,15,16). The third kappa shape index (κ3) is 4.00. The molecule has 0 spiro atoms. The summed E-state index contributed by atoms with van der Waals surface area (Å²) in [6.07, 6.45) is 3.10. The molecule has 0 aliphatic heterocycles. The predicted molar refractivity (Wildman–Crippen MR) is 62.6 cm³/mol. The first-order valence-corrected chi connectivity index (χ1v) is 6.08. The zero-order valence-electron chi connectivity index (χ0n) is 10.4. The molecule has 98 valence electrons. The molecule has 1 aliphatic rings. The number of carbonyl (C=O) groups is 2. The summed E-state index contributed by atoms with van der Waals surface area (Å²) in [6, 6.07) is -0.0797. The van der Waals surface area contributed by atoms with Crippen LogP contribution in [-0.4, -0.2) is 36.7 Å². The Kier molecular flexibility index (Phi) is 5.41. The number of methoxy groups -OCH3 is 1. The van der Waals surface area contributed by atoms with Gasteiger partial charge in [0.25, 0.3) is 0 Å². The van der Waals surface area contributed by atoms with Gasteiger partial charge >= 0.3 is 5.97 Å². The van der Waals surface area contributed by atoms with Crippen LogP contribution in [0, 0.1) is 11.8 Å². The summed E-state index contributed by atoms with van der Waals surface area (Å²) < 4.78 is 4.94. The summed E-state index contributed by atoms with van der Waals surface area (Å²) in [5.41, 5.74) is 0. The Morgan fingerprint density at radius 2 is 1.94 bits per heavy atom. The largest absolute Gasteiger partial charge is 0.481 e. The average molecular weight is 243 g/mol. The van der Waals surface area contributed by atoms with Gasteiger partial charge in [0.15, 0.2) is 0 Å². The summed E-state index contributed by atoms with van der Waals surface area (Å²) in [5, 5.41) is 11.9. The molecule has 5 nitrogen and oxygen atoms in total. The normalized spacial score (nSPS) is 26.2. The minimum atomic E-state index is -0.857. The quantitative estimate of drug-likeness (QED) is 0.756. The molecule has 3 atom stereocenters. The van der Waals surface area contributed by atoms with E-state index in [0.717, 1.165) is 12.8 Å². The van der Waals surface area contributed by atoms with Crippen molar-refractivity contribution in [2.45, 2.75) is 38.6 Å². The van der Waals surface area contributed by atoms with E-state index >= 15 is 0 Å². The maximum Gasteiger partial charge on any atom is 0.307 e. The van der Waals surface area contributed by atoms with Crippen molar-refractivity contribution >= 4 is 11.9 Å². The lowest BCUT2D eigenvalue weighted by molar-refractivity contribution is -0.149. The Morgan fingerprint density at radius 1 is 1.35 bits per heavy atom. The number of rotatable bonds is 5. The van der Waals surface area contributed by atoms with E-state index in [1.165, 1.54) is 0 Å². The molecule has 0 radical (unpaired) electrons. The maximum atomic E-state index is 12.0. The van der Waals surface area contributed by atoms with E-state index in [9.17, 15) is 9.59 Å². The second-order valence-corrected chi connectivity index (χ2v) is 4.70. The van der Waals surface area contributed by atoms with Gasteiger partial charge < -0.3 is 15.2 Å². The van der Waals surface area contributed by atoms with Gasteiger partial charge in [-0.25, -0.2) is 0 Å². The van der Waals surface area contributed by atoms with Crippen molar-refractivity contribution in [2.24, 2.45) is 11.8 Å². The minimum absolute atomic E-state index is 0.0797. The third-order valence-electron chi connectivity index (χ3n) is 3.23. The Bertz CT molecular complexity index is 280. The van der Waals surface area contributed by atoms with Gasteiger partial charge in [0, 0.05) is 13.2 Å². The molecule has 2 N–H and O–H groups in total. The number of carboxylic acids is 1. The molecule has 1 rings (SSSR count). The highest BCUT2D eigenvalue weighted by Gasteiger charge is 2.35. The molecule has 0 saturated heterocycles. The van der Waals surface area contributed by atoms with Gasteiger partial charge in [0.05, 0.1) is 18.4 Å². The third-order valence-corrected chi connectivity index (χ3v) is 3.23. The van der Waals surface area contributed by atoms with Crippen LogP contribution in [0.1, 0.15) is 32.6 Å². The first kappa shape index (κ1) is 14.0. The monoisotopic (exact) mass is 243 g/mol. The lowest BCUT2D eigenvalue weighted by atomic mass is 9.78. The van der Waals surface area contributed by atoms with E-state index in [-0.39, 0.29) is 17.9 Å². The number of aliphatic carboxylic acids is 1. The maximum absolute atomic E-state index is 12.0. The number of hydrogen-bond donors (Lipinski definition) is 2. The van der Waals surface area contributed by atoms with Gasteiger partial charge in [-0.2, -0.15) is 0 Å². The number of ether oxygens (including phenoxy) is 1. The Morgan fingerprint density at radius 3 is 2.47 bits per heavy atom. The number of hydrogen-bond acceptors (Lipinski definition) is 3. The fraction of sp³-hybridized carbons (Fsp3) is 0.833. The smallest absolute Gasteiger partial charge is 0.307 e. The van der Waals surface area contributed by atoms with Crippen LogP contribution in [0.25, 0.3) is 0 Å². The van der Waals surface area contributed by atoms with E-state index in [1.54, 1.807) is 7.11 Å². The molecule has 0 heterocycles. The average Bonchev–Trinajstić information content (AvgIpc) is 2.29. The van der Waals surface area contributed by atoms with Crippen LogP contribution >= 0.6 is 0 Å². The highest BCUT2D eigenvalue weighted by molar-refractivity contribution is 5.85. The molecule has 0 aromatic carbocycles. The van der Waals surface area contributed by atoms with Crippen LogP contribution in [0.3, 0.4) is 0 Å². The van der Waals surface area contributed by atoms with E-state index < -0.39 is 11.9 Å². The summed E-state index contributed by atoms with van der Waals surface area (Å²) >= 11 is 0. The van der Waals surface area contributed by atoms with Crippen LogP contribution in [0.15, 0.2) is 0 Å². The van der Waals surface area contributed by atoms with Crippen molar-refractivity contribution in [3.8, 4) is 0 Å². The first-order chi connectivity index (χ1) is 8.06. The molecule has 0 bridgehead atoms. The lowest BCUT2D eigenvalue weighted by Crippen LogP contribution is -2.44. The van der Waals surface area contributed by atoms with Gasteiger partial charge in [-0.1, -0.05) is 12.8 Å². The minimum Gasteiger partial charge on any atom is -0.481 e. The lowest BCUT2D eigenvalue weighted by Gasteiger charge is -2.28. The molecule has 1 amide bonds. The molecule has 17 heavy (non-hydrogen) atoms. The fourth-order valence-electron chi connectivity index (χ4n) is 2.38. The molecule has 1 fully saturated rings. The van der Waals surface area contributed by atoms with E-state index in [4.69, 9.17) is 9.84 Å². The molecular formula is C12H21NO4. The summed E-state index contributed by atoms with van der Waals surface area (Å²) in [7, 11) is 1.57. The first-order valence-electron chi connectivity index (χ1n) is 6.08. The molecule has 0 aromatic heterocycles. The van der Waals surface area contributed by atoms with Crippen molar-refractivity contribution in [3.63, 3.8) is 0 Å². The van der Waals surface area contributed by atoms with Crippen molar-refractivity contribution in [2.75, 3.05) is 13.7 Å². The number of nitrogens with one attached hydrogen (secondary N) is 1. The Hall–Kier alpha value is -1.10. The summed E-state index contributed by atoms with van der Waals surface area (Å²) in [5.74, 6) is -1.93. The predicted octanol–water partition coefficient (Wildman–Crippen LogP) is 1.03. The van der Waals surface area contributed by atoms with Crippen molar-refractivity contribution < 1.29 is 19.4 Å². The van der Waals surface area contributed by atoms with Crippen LogP contribution in [0.5, 0.6) is 0 Å². The topological polar surface area (TPSA) is 75.6 Å². The summed E-state index contributed by atoms with van der Waals surface area (Å²) in [4.78, 5) is 23.0. The molecular weight excluding hydrogens is 222 g/mol. The number of carbonyl (C=O) groups excluding carboxylic acids is 1. The summed E-state index contributed by atoms with van der Waals surface area (Å²) in [6.45, 7) is 2.29. The Labute approximate surface area is 102 Å². The number of carboxylic acid groups (broad SMARTS) is 1. The van der Waals surface area contributed by atoms with E-state index in [0.29, 0.717) is 19.4 Å². The van der Waals surface area contributed by atoms with Crippen LogP contribution in [0.4, 0.5) is 0 Å². The highest BCUT2D eigenvalue weighted by Crippen LogP contribution is 2.30. The van der Waals surface area contributed by atoms with E-state index in [1.807, 2.05) is 6.92 Å². The zero-order chi connectivity index (χ0) is 12.8. The van der Waals surface area contributed by atoms with Crippen LogP contribution < -0.4 is 5.32 Å². The van der Waals surface area contributed by atoms with Gasteiger partial charge in [0.2, 0.25) is 5.91 Å². The second kappa shape index (κ2) is 6.59. The SMILES string of the molecule is COCC(C)NC(=O)C1CCCCC1C(=O)O. The van der Waals surface area contributed by atoms with Gasteiger partial charge in [-0.05, 0) is 19.8 Å². The Balaban J connectivity index is 2.56. The van der Waals surface area contributed by atoms with Gasteiger partial charge in [0.1, 0.15) is 0 Å². The fourth-order valence-corrected chi connectivity index (χ4v) is 2.38. The molecule has 3 unspecified atom stereocenters. The molecule has 0 aromatic rings. The molecule has 1 saturated carbocycles. The van der Waals surface area contributed by atoms with Crippen molar-refractivity contribution in [1.82, 2.24) is 5.32 Å². The van der Waals surface area contributed by atoms with Gasteiger partial charge in [-0.3, -0.25) is 9.59 Å². The zero-order valence-corrected chi connectivity index (χ0v) is 10.4. The van der Waals surface area contributed by atoms with Crippen molar-refractivity contribution in [3.05, 3.63) is 0 Å². The van der Waals surface area contributed by atoms with Gasteiger partial charge in [-0.15, -0.1) is 0 Å². The van der Waals surface area contributed by atoms with E-state index in [2.05, 4.69) is 5.32 Å². The molecule has 5 heteroatoms. The van der Waals surface area contributed by atoms with Crippen LogP contribution in [-0.2, 0) is 14.3 Å². The second-order valence-electron chi connectivity index (χ2n) is 4.70. The molecule has 1 aliphatic carbocycles. The van der Waals surface area contributed by atoms with Crippen LogP contribution in [0.2, 0.25) is 0 Å². The highest BCUT2D eigenvalue weighted by atomic mass is 16.5. The van der Waals surface area contributed by atoms with Crippen molar-refractivity contribution in [1.29, 1.82) is 0 Å². The number of amides is 1.